The van der Waals surface area contributed by atoms with Crippen LogP contribution in [0.2, 0.25) is 0 Å². The molecule has 22 heavy (non-hydrogen) atoms. The highest BCUT2D eigenvalue weighted by atomic mass is 19.4. The maximum atomic E-state index is 12.8. The number of carbonyl (C=O) groups is 1. The lowest BCUT2D eigenvalue weighted by Crippen LogP contribution is -2.21. The number of benzene rings is 2. The number of para-hydroxylation sites is 2. The number of alkyl halides is 3. The summed E-state index contributed by atoms with van der Waals surface area (Å²) in [5, 5.41) is 2.59. The van der Waals surface area contributed by atoms with Crippen LogP contribution in [0.1, 0.15) is 11.1 Å². The van der Waals surface area contributed by atoms with Gasteiger partial charge in [0.1, 0.15) is 5.75 Å². The van der Waals surface area contributed by atoms with E-state index < -0.39 is 24.3 Å². The van der Waals surface area contributed by atoms with Crippen molar-refractivity contribution in [3.63, 3.8) is 0 Å². The van der Waals surface area contributed by atoms with Crippen LogP contribution in [0.4, 0.5) is 18.9 Å². The molecule has 0 fully saturated rings. The zero-order valence-electron chi connectivity index (χ0n) is 11.8. The highest BCUT2D eigenvalue weighted by molar-refractivity contribution is 5.92. The molecule has 116 valence electrons. The van der Waals surface area contributed by atoms with Gasteiger partial charge in [0.25, 0.3) is 5.91 Å². The van der Waals surface area contributed by atoms with E-state index in [1.165, 1.54) is 18.2 Å². The molecule has 0 aromatic heterocycles. The molecule has 0 heterocycles. The van der Waals surface area contributed by atoms with Gasteiger partial charge < -0.3 is 10.1 Å². The summed E-state index contributed by atoms with van der Waals surface area (Å²) in [6, 6.07) is 11.9. The summed E-state index contributed by atoms with van der Waals surface area (Å²) in [5.74, 6) is -0.888. The number of carbonyl (C=O) groups excluding carboxylic acids is 1. The monoisotopic (exact) mass is 309 g/mol. The van der Waals surface area contributed by atoms with E-state index in [1.54, 1.807) is 12.1 Å². The summed E-state index contributed by atoms with van der Waals surface area (Å²) in [6.45, 7) is 1.32. The number of aryl methyl sites for hydroxylation is 1. The van der Waals surface area contributed by atoms with Crippen molar-refractivity contribution in [2.75, 3.05) is 11.9 Å². The summed E-state index contributed by atoms with van der Waals surface area (Å²) in [7, 11) is 0. The molecular formula is C16H14F3NO2. The zero-order chi connectivity index (χ0) is 16.2. The predicted molar refractivity (Wildman–Crippen MR) is 76.7 cm³/mol. The molecule has 0 atom stereocenters. The van der Waals surface area contributed by atoms with Crippen LogP contribution in [0.3, 0.4) is 0 Å². The number of hydrogen-bond donors (Lipinski definition) is 1. The highest BCUT2D eigenvalue weighted by Crippen LogP contribution is 2.35. The van der Waals surface area contributed by atoms with E-state index in [0.29, 0.717) is 5.69 Å². The minimum Gasteiger partial charge on any atom is -0.483 e. The van der Waals surface area contributed by atoms with Gasteiger partial charge in [-0.3, -0.25) is 4.79 Å². The summed E-state index contributed by atoms with van der Waals surface area (Å²) in [4.78, 5) is 11.8. The molecule has 0 saturated carbocycles. The van der Waals surface area contributed by atoms with E-state index in [-0.39, 0.29) is 5.75 Å². The Balaban J connectivity index is 2.02. The molecule has 0 unspecified atom stereocenters. The van der Waals surface area contributed by atoms with Crippen LogP contribution in [0, 0.1) is 6.92 Å². The highest BCUT2D eigenvalue weighted by Gasteiger charge is 2.34. The summed E-state index contributed by atoms with van der Waals surface area (Å²) < 4.78 is 43.4. The third-order valence-corrected chi connectivity index (χ3v) is 2.97. The van der Waals surface area contributed by atoms with Crippen LogP contribution < -0.4 is 10.1 Å². The molecule has 0 radical (unpaired) electrons. The van der Waals surface area contributed by atoms with Gasteiger partial charge in [0.05, 0.1) is 5.56 Å². The van der Waals surface area contributed by atoms with Gasteiger partial charge in [0.15, 0.2) is 6.61 Å². The maximum absolute atomic E-state index is 12.8. The lowest BCUT2D eigenvalue weighted by molar-refractivity contribution is -0.139. The van der Waals surface area contributed by atoms with Crippen molar-refractivity contribution < 1.29 is 22.7 Å². The van der Waals surface area contributed by atoms with Gasteiger partial charge in [0.2, 0.25) is 0 Å². The molecule has 0 aliphatic carbocycles. The van der Waals surface area contributed by atoms with Crippen molar-refractivity contribution in [2.45, 2.75) is 13.1 Å². The van der Waals surface area contributed by atoms with Gasteiger partial charge in [-0.05, 0) is 30.7 Å². The molecule has 0 aliphatic rings. The van der Waals surface area contributed by atoms with Crippen LogP contribution in [0.25, 0.3) is 0 Å². The van der Waals surface area contributed by atoms with E-state index in [9.17, 15) is 18.0 Å². The molecule has 6 heteroatoms. The van der Waals surface area contributed by atoms with Gasteiger partial charge in [0, 0.05) is 5.69 Å². The Morgan fingerprint density at radius 2 is 1.73 bits per heavy atom. The number of ether oxygens (including phenoxy) is 1. The van der Waals surface area contributed by atoms with E-state index in [4.69, 9.17) is 4.74 Å². The third-order valence-electron chi connectivity index (χ3n) is 2.97. The van der Waals surface area contributed by atoms with Crippen molar-refractivity contribution in [3.05, 3.63) is 59.7 Å². The summed E-state index contributed by atoms with van der Waals surface area (Å²) in [5.41, 5.74) is 0.547. The molecule has 2 aromatic carbocycles. The second kappa shape index (κ2) is 6.51. The number of nitrogens with one attached hydrogen (secondary N) is 1. The van der Waals surface area contributed by atoms with E-state index in [2.05, 4.69) is 5.32 Å². The Morgan fingerprint density at radius 1 is 1.09 bits per heavy atom. The molecule has 3 nitrogen and oxygen atoms in total. The van der Waals surface area contributed by atoms with Gasteiger partial charge >= 0.3 is 6.18 Å². The minimum absolute atomic E-state index is 0.366. The van der Waals surface area contributed by atoms with Crippen LogP contribution in [0.15, 0.2) is 48.5 Å². The number of anilines is 1. The van der Waals surface area contributed by atoms with Gasteiger partial charge in [-0.1, -0.05) is 30.3 Å². The minimum atomic E-state index is -4.52. The predicted octanol–water partition coefficient (Wildman–Crippen LogP) is 4.03. The quantitative estimate of drug-likeness (QED) is 0.926. The summed E-state index contributed by atoms with van der Waals surface area (Å²) >= 11 is 0. The average Bonchev–Trinajstić information content (AvgIpc) is 2.47. The van der Waals surface area contributed by atoms with Gasteiger partial charge in [-0.15, -0.1) is 0 Å². The fourth-order valence-electron chi connectivity index (χ4n) is 1.87. The fourth-order valence-corrected chi connectivity index (χ4v) is 1.87. The smallest absolute Gasteiger partial charge is 0.419 e. The lowest BCUT2D eigenvalue weighted by Gasteiger charge is -2.14. The normalized spacial score (nSPS) is 11.1. The Morgan fingerprint density at radius 3 is 2.41 bits per heavy atom. The molecular weight excluding hydrogens is 295 g/mol. The van der Waals surface area contributed by atoms with Crippen molar-refractivity contribution in [1.29, 1.82) is 0 Å². The number of rotatable bonds is 4. The van der Waals surface area contributed by atoms with Crippen molar-refractivity contribution in [1.82, 2.24) is 0 Å². The number of hydrogen-bond acceptors (Lipinski definition) is 2. The van der Waals surface area contributed by atoms with Crippen LogP contribution in [-0.4, -0.2) is 12.5 Å². The summed E-state index contributed by atoms with van der Waals surface area (Å²) in [6.07, 6.45) is -4.52. The van der Waals surface area contributed by atoms with E-state index in [1.807, 2.05) is 19.1 Å². The number of halogens is 3. The van der Waals surface area contributed by atoms with Crippen LogP contribution >= 0.6 is 0 Å². The zero-order valence-corrected chi connectivity index (χ0v) is 11.8. The first-order valence-electron chi connectivity index (χ1n) is 6.52. The number of amides is 1. The van der Waals surface area contributed by atoms with Gasteiger partial charge in [-0.25, -0.2) is 0 Å². The Bertz CT molecular complexity index is 668. The van der Waals surface area contributed by atoms with Crippen molar-refractivity contribution >= 4 is 11.6 Å². The van der Waals surface area contributed by atoms with Crippen molar-refractivity contribution in [2.24, 2.45) is 0 Å². The molecule has 1 amide bonds. The third kappa shape index (κ3) is 4.00. The largest absolute Gasteiger partial charge is 0.483 e. The standard InChI is InChI=1S/C16H14F3NO2/c1-11-6-2-4-8-13(11)20-15(21)10-22-14-9-5-3-7-12(14)16(17,18)19/h2-9H,10H2,1H3,(H,20,21). The second-order valence-corrected chi connectivity index (χ2v) is 4.65. The first-order valence-corrected chi connectivity index (χ1v) is 6.52. The topological polar surface area (TPSA) is 38.3 Å². The molecule has 2 rings (SSSR count). The van der Waals surface area contributed by atoms with E-state index in [0.717, 1.165) is 11.6 Å². The Hall–Kier alpha value is -2.50. The Labute approximate surface area is 125 Å². The fraction of sp³-hybridized carbons (Fsp3) is 0.188. The molecule has 0 saturated heterocycles. The first kappa shape index (κ1) is 15.9. The molecule has 2 aromatic rings. The SMILES string of the molecule is Cc1ccccc1NC(=O)COc1ccccc1C(F)(F)F. The first-order chi connectivity index (χ1) is 10.4. The molecule has 1 N–H and O–H groups in total. The molecule has 0 bridgehead atoms. The van der Waals surface area contributed by atoms with Crippen LogP contribution in [-0.2, 0) is 11.0 Å². The van der Waals surface area contributed by atoms with Crippen LogP contribution in [0.5, 0.6) is 5.75 Å². The Kier molecular flexibility index (Phi) is 4.70. The van der Waals surface area contributed by atoms with E-state index >= 15 is 0 Å². The lowest BCUT2D eigenvalue weighted by atomic mass is 10.2. The van der Waals surface area contributed by atoms with Gasteiger partial charge in [-0.2, -0.15) is 13.2 Å². The molecule has 0 spiro atoms. The molecule has 0 aliphatic heterocycles. The second-order valence-electron chi connectivity index (χ2n) is 4.65. The average molecular weight is 309 g/mol. The maximum Gasteiger partial charge on any atom is 0.419 e. The van der Waals surface area contributed by atoms with Crippen molar-refractivity contribution in [3.8, 4) is 5.75 Å².